The van der Waals surface area contributed by atoms with Gasteiger partial charge in [-0.3, -0.25) is 0 Å². The summed E-state index contributed by atoms with van der Waals surface area (Å²) in [5, 5.41) is 11.0. The monoisotopic (exact) mass is 321 g/mol. The van der Waals surface area contributed by atoms with Crippen LogP contribution in [-0.4, -0.2) is 36.9 Å². The predicted octanol–water partition coefficient (Wildman–Crippen LogP) is 2.81. The van der Waals surface area contributed by atoms with Crippen molar-refractivity contribution in [2.75, 3.05) is 0 Å². The molecule has 0 amide bonds. The summed E-state index contributed by atoms with van der Waals surface area (Å²) in [7, 11) is 0. The first-order valence-electron chi connectivity index (χ1n) is 4.10. The van der Waals surface area contributed by atoms with Crippen molar-refractivity contribution in [2.45, 2.75) is 0 Å². The molecule has 4 heteroatoms. The predicted molar refractivity (Wildman–Crippen MR) is 61.7 cm³/mol. The first-order valence-corrected chi connectivity index (χ1v) is 4.48. The molecule has 0 aromatic heterocycles. The van der Waals surface area contributed by atoms with Crippen LogP contribution < -0.4 is 0 Å². The number of halogens is 1. The van der Waals surface area contributed by atoms with Crippen molar-refractivity contribution in [1.29, 1.82) is 0 Å². The van der Waals surface area contributed by atoms with Gasteiger partial charge in [0, 0.05) is 30.9 Å². The van der Waals surface area contributed by atoms with Crippen molar-refractivity contribution in [3.63, 3.8) is 0 Å². The van der Waals surface area contributed by atoms with Crippen LogP contribution in [0.1, 0.15) is 10.4 Å². The molecule has 2 rings (SSSR count). The van der Waals surface area contributed by atoms with Gasteiger partial charge in [0.1, 0.15) is 0 Å². The van der Waals surface area contributed by atoms with E-state index in [0.717, 1.165) is 5.39 Å². The Hall–Kier alpha value is -0.670. The van der Waals surface area contributed by atoms with Gasteiger partial charge in [-0.15, -0.1) is 0 Å². The molecule has 1 N–H and O–H groups in total. The molecule has 3 radical (unpaired) electrons. The number of carbonyl (C=O) groups is 1. The van der Waals surface area contributed by atoms with Crippen LogP contribution in [0.5, 0.6) is 0 Å². The minimum Gasteiger partial charge on any atom is -0.478 e. The topological polar surface area (TPSA) is 37.3 Å². The Morgan fingerprint density at radius 1 is 1.20 bits per heavy atom. The van der Waals surface area contributed by atoms with Gasteiger partial charge >= 0.3 is 5.97 Å². The standard InChI is InChI=1S/C11H7ClO2.In/c12-8-5-4-7-2-1-3-9(11(13)14)10(7)6-8;/h1-6H,(H,13,14);. The van der Waals surface area contributed by atoms with Crippen molar-refractivity contribution in [3.8, 4) is 0 Å². The van der Waals surface area contributed by atoms with E-state index in [1.54, 1.807) is 24.3 Å². The third-order valence-electron chi connectivity index (χ3n) is 2.07. The fourth-order valence-electron chi connectivity index (χ4n) is 1.43. The zero-order valence-corrected chi connectivity index (χ0v) is 11.8. The van der Waals surface area contributed by atoms with Crippen LogP contribution in [0, 0.1) is 0 Å². The van der Waals surface area contributed by atoms with Crippen LogP contribution in [-0.2, 0) is 0 Å². The fraction of sp³-hybridized carbons (Fsp3) is 0. The van der Waals surface area contributed by atoms with Crippen molar-refractivity contribution in [1.82, 2.24) is 0 Å². The van der Waals surface area contributed by atoms with Crippen molar-refractivity contribution in [2.24, 2.45) is 0 Å². The Morgan fingerprint density at radius 3 is 2.60 bits per heavy atom. The molecule has 2 nitrogen and oxygen atoms in total. The second-order valence-corrected chi connectivity index (χ2v) is 3.41. The van der Waals surface area contributed by atoms with E-state index in [1.165, 1.54) is 0 Å². The van der Waals surface area contributed by atoms with E-state index >= 15 is 0 Å². The third kappa shape index (κ3) is 2.47. The molecule has 0 heterocycles. The van der Waals surface area contributed by atoms with Crippen molar-refractivity contribution in [3.05, 3.63) is 47.0 Å². The van der Waals surface area contributed by atoms with Gasteiger partial charge in [0.25, 0.3) is 0 Å². The number of carboxylic acid groups (broad SMARTS) is 1. The number of benzene rings is 2. The average Bonchev–Trinajstić information content (AvgIpc) is 2.16. The molecule has 2 aromatic rings. The van der Waals surface area contributed by atoms with Crippen LogP contribution in [0.3, 0.4) is 0 Å². The zero-order valence-electron chi connectivity index (χ0n) is 7.77. The quantitative estimate of drug-likeness (QED) is 0.877. The second kappa shape index (κ2) is 4.90. The first kappa shape index (κ1) is 12.4. The summed E-state index contributed by atoms with van der Waals surface area (Å²) in [5.41, 5.74) is 0.282. The van der Waals surface area contributed by atoms with E-state index in [2.05, 4.69) is 0 Å². The Kier molecular flexibility index (Phi) is 4.05. The minimum atomic E-state index is -0.933. The molecule has 0 spiro atoms. The molecule has 0 saturated carbocycles. The van der Waals surface area contributed by atoms with Gasteiger partial charge < -0.3 is 5.11 Å². The summed E-state index contributed by atoms with van der Waals surface area (Å²) in [6.45, 7) is 0. The molecule has 0 fully saturated rings. The van der Waals surface area contributed by atoms with E-state index in [1.807, 2.05) is 12.1 Å². The van der Waals surface area contributed by atoms with Crippen LogP contribution in [0.2, 0.25) is 5.02 Å². The van der Waals surface area contributed by atoms with E-state index in [4.69, 9.17) is 16.7 Å². The van der Waals surface area contributed by atoms with E-state index in [0.29, 0.717) is 10.4 Å². The van der Waals surface area contributed by atoms with Gasteiger partial charge in [0.05, 0.1) is 5.56 Å². The summed E-state index contributed by atoms with van der Waals surface area (Å²) < 4.78 is 0. The normalized spacial score (nSPS) is 9.67. The number of fused-ring (bicyclic) bond motifs is 1. The molecule has 15 heavy (non-hydrogen) atoms. The van der Waals surface area contributed by atoms with Crippen molar-refractivity contribution >= 4 is 54.2 Å². The maximum absolute atomic E-state index is 10.9. The second-order valence-electron chi connectivity index (χ2n) is 2.98. The summed E-state index contributed by atoms with van der Waals surface area (Å²) in [5.74, 6) is -0.933. The Labute approximate surface area is 111 Å². The maximum atomic E-state index is 10.9. The number of carboxylic acids is 1. The summed E-state index contributed by atoms with van der Waals surface area (Å²) in [6.07, 6.45) is 0. The fourth-order valence-corrected chi connectivity index (χ4v) is 1.60. The van der Waals surface area contributed by atoms with Gasteiger partial charge in [-0.25, -0.2) is 4.79 Å². The average molecular weight is 321 g/mol. The molecule has 2 aromatic carbocycles. The molecule has 0 aliphatic heterocycles. The number of rotatable bonds is 1. The SMILES string of the molecule is O=C(O)c1cccc2ccc(Cl)cc12.[In]. The smallest absolute Gasteiger partial charge is 0.336 e. The summed E-state index contributed by atoms with van der Waals surface area (Å²) in [4.78, 5) is 10.9. The van der Waals surface area contributed by atoms with Crippen LogP contribution in [0.25, 0.3) is 10.8 Å². The van der Waals surface area contributed by atoms with Gasteiger partial charge in [-0.1, -0.05) is 29.8 Å². The van der Waals surface area contributed by atoms with Gasteiger partial charge in [-0.05, 0) is 29.0 Å². The Balaban J connectivity index is 0.00000112. The Bertz CT molecular complexity index is 511. The molecule has 0 bridgehead atoms. The van der Waals surface area contributed by atoms with Crippen LogP contribution in [0.4, 0.5) is 0 Å². The van der Waals surface area contributed by atoms with E-state index in [-0.39, 0.29) is 31.4 Å². The summed E-state index contributed by atoms with van der Waals surface area (Å²) >= 11 is 5.80. The maximum Gasteiger partial charge on any atom is 0.336 e. The largest absolute Gasteiger partial charge is 0.478 e. The van der Waals surface area contributed by atoms with Crippen LogP contribution in [0.15, 0.2) is 36.4 Å². The number of hydrogen-bond donors (Lipinski definition) is 1. The molecule has 0 aliphatic carbocycles. The molecule has 0 unspecified atom stereocenters. The third-order valence-corrected chi connectivity index (χ3v) is 2.31. The van der Waals surface area contributed by atoms with Gasteiger partial charge in [0.2, 0.25) is 0 Å². The molecule has 0 aliphatic rings. The first-order chi connectivity index (χ1) is 6.68. The summed E-state index contributed by atoms with van der Waals surface area (Å²) in [6, 6.07) is 10.4. The number of aromatic carboxylic acids is 1. The molecular weight excluding hydrogens is 314 g/mol. The molecular formula is C11H7ClInO2. The molecule has 0 saturated heterocycles. The van der Waals surface area contributed by atoms with Gasteiger partial charge in [-0.2, -0.15) is 0 Å². The molecule has 73 valence electrons. The zero-order chi connectivity index (χ0) is 10.1. The van der Waals surface area contributed by atoms with Crippen LogP contribution >= 0.6 is 11.6 Å². The van der Waals surface area contributed by atoms with Crippen molar-refractivity contribution < 1.29 is 9.90 Å². The number of hydrogen-bond acceptors (Lipinski definition) is 1. The Morgan fingerprint density at radius 2 is 1.93 bits per heavy atom. The van der Waals surface area contributed by atoms with E-state index < -0.39 is 5.97 Å². The minimum absolute atomic E-state index is 0. The molecule has 0 atom stereocenters. The van der Waals surface area contributed by atoms with Gasteiger partial charge in [0.15, 0.2) is 0 Å². The van der Waals surface area contributed by atoms with E-state index in [9.17, 15) is 4.79 Å².